The summed E-state index contributed by atoms with van der Waals surface area (Å²) in [6.07, 6.45) is 4.59. The maximum absolute atomic E-state index is 11.5. The van der Waals surface area contributed by atoms with Gasteiger partial charge >= 0.3 is 0 Å². The van der Waals surface area contributed by atoms with Gasteiger partial charge in [0.05, 0.1) is 4.75 Å². The first-order valence-corrected chi connectivity index (χ1v) is 7.56. The van der Waals surface area contributed by atoms with Crippen LogP contribution >= 0.6 is 0 Å². The maximum Gasteiger partial charge on any atom is 0.153 e. The van der Waals surface area contributed by atoms with E-state index in [2.05, 4.69) is 19.2 Å². The van der Waals surface area contributed by atoms with E-state index in [0.717, 1.165) is 19.3 Å². The lowest BCUT2D eigenvalue weighted by atomic mass is 10.1. The Labute approximate surface area is 94.6 Å². The highest BCUT2D eigenvalue weighted by Crippen LogP contribution is 2.14. The van der Waals surface area contributed by atoms with Crippen LogP contribution in [0.25, 0.3) is 0 Å². The van der Waals surface area contributed by atoms with Gasteiger partial charge in [-0.15, -0.1) is 0 Å². The van der Waals surface area contributed by atoms with E-state index in [1.807, 2.05) is 0 Å². The van der Waals surface area contributed by atoms with Gasteiger partial charge in [0.15, 0.2) is 9.84 Å². The minimum absolute atomic E-state index is 0.441. The van der Waals surface area contributed by atoms with E-state index in [1.165, 1.54) is 6.26 Å². The summed E-state index contributed by atoms with van der Waals surface area (Å²) in [6, 6.07) is 0.441. The zero-order valence-electron chi connectivity index (χ0n) is 10.6. The first-order valence-electron chi connectivity index (χ1n) is 5.67. The van der Waals surface area contributed by atoms with Crippen molar-refractivity contribution in [1.82, 2.24) is 5.32 Å². The smallest absolute Gasteiger partial charge is 0.153 e. The molecule has 0 rings (SSSR count). The van der Waals surface area contributed by atoms with Gasteiger partial charge in [-0.25, -0.2) is 8.42 Å². The second-order valence-electron chi connectivity index (χ2n) is 4.81. The molecule has 0 aliphatic carbocycles. The zero-order chi connectivity index (χ0) is 12.1. The average molecular weight is 235 g/mol. The van der Waals surface area contributed by atoms with Gasteiger partial charge in [0.2, 0.25) is 0 Å². The van der Waals surface area contributed by atoms with E-state index in [4.69, 9.17) is 0 Å². The molecule has 0 saturated carbocycles. The highest BCUT2D eigenvalue weighted by atomic mass is 32.2. The van der Waals surface area contributed by atoms with Crippen LogP contribution in [0, 0.1) is 0 Å². The molecular weight excluding hydrogens is 210 g/mol. The van der Waals surface area contributed by atoms with E-state index >= 15 is 0 Å². The molecule has 1 N–H and O–H groups in total. The molecule has 0 aliphatic rings. The van der Waals surface area contributed by atoms with Crippen molar-refractivity contribution in [2.45, 2.75) is 57.7 Å². The SMILES string of the molecule is CCCC(CC)NCC(C)(C)S(C)(=O)=O. The number of sulfone groups is 1. The largest absolute Gasteiger partial charge is 0.312 e. The van der Waals surface area contributed by atoms with Crippen LogP contribution in [0.5, 0.6) is 0 Å². The second-order valence-corrected chi connectivity index (χ2v) is 7.46. The third-order valence-electron chi connectivity index (χ3n) is 2.95. The topological polar surface area (TPSA) is 46.2 Å². The summed E-state index contributed by atoms with van der Waals surface area (Å²) in [5.41, 5.74) is 0. The van der Waals surface area contributed by atoms with E-state index in [0.29, 0.717) is 12.6 Å². The molecule has 0 heterocycles. The van der Waals surface area contributed by atoms with E-state index in [9.17, 15) is 8.42 Å². The lowest BCUT2D eigenvalue weighted by molar-refractivity contribution is 0.431. The third-order valence-corrected chi connectivity index (χ3v) is 5.10. The van der Waals surface area contributed by atoms with Crippen molar-refractivity contribution < 1.29 is 8.42 Å². The Hall–Kier alpha value is -0.0900. The summed E-state index contributed by atoms with van der Waals surface area (Å²) in [5, 5.41) is 3.34. The molecule has 0 fully saturated rings. The molecule has 3 nitrogen and oxygen atoms in total. The van der Waals surface area contributed by atoms with Crippen molar-refractivity contribution in [1.29, 1.82) is 0 Å². The van der Waals surface area contributed by atoms with Gasteiger partial charge in [-0.05, 0) is 26.7 Å². The van der Waals surface area contributed by atoms with E-state index < -0.39 is 14.6 Å². The molecule has 15 heavy (non-hydrogen) atoms. The minimum Gasteiger partial charge on any atom is -0.312 e. The molecule has 0 radical (unpaired) electrons. The molecule has 0 spiro atoms. The third kappa shape index (κ3) is 4.98. The van der Waals surface area contributed by atoms with Crippen molar-refractivity contribution in [3.05, 3.63) is 0 Å². The lowest BCUT2D eigenvalue weighted by Crippen LogP contribution is -2.45. The standard InChI is InChI=1S/C11H25NO2S/c1-6-8-10(7-2)12-9-11(3,4)15(5,13)14/h10,12H,6-9H2,1-5H3. The Bertz CT molecular complexity index is 270. The molecule has 0 aromatic rings. The summed E-state index contributed by atoms with van der Waals surface area (Å²) >= 11 is 0. The summed E-state index contributed by atoms with van der Waals surface area (Å²) in [4.78, 5) is 0. The molecule has 1 atom stereocenters. The van der Waals surface area contributed by atoms with Crippen molar-refractivity contribution in [3.63, 3.8) is 0 Å². The summed E-state index contributed by atoms with van der Waals surface area (Å²) in [6.45, 7) is 8.35. The van der Waals surface area contributed by atoms with Crippen LogP contribution < -0.4 is 5.32 Å². The van der Waals surface area contributed by atoms with Gasteiger partial charge in [-0.2, -0.15) is 0 Å². The van der Waals surface area contributed by atoms with Crippen LogP contribution in [0.15, 0.2) is 0 Å². The monoisotopic (exact) mass is 235 g/mol. The van der Waals surface area contributed by atoms with Crippen molar-refractivity contribution in [2.75, 3.05) is 12.8 Å². The molecule has 0 aromatic heterocycles. The Kier molecular flexibility index (Phi) is 5.81. The van der Waals surface area contributed by atoms with Crippen LogP contribution in [0.2, 0.25) is 0 Å². The van der Waals surface area contributed by atoms with Crippen LogP contribution in [0.1, 0.15) is 47.0 Å². The van der Waals surface area contributed by atoms with Gasteiger partial charge in [-0.3, -0.25) is 0 Å². The van der Waals surface area contributed by atoms with Crippen molar-refractivity contribution in [2.24, 2.45) is 0 Å². The Balaban J connectivity index is 4.25. The number of hydrogen-bond donors (Lipinski definition) is 1. The molecule has 0 amide bonds. The summed E-state index contributed by atoms with van der Waals surface area (Å²) in [7, 11) is -2.98. The molecular formula is C11H25NO2S. The first kappa shape index (κ1) is 14.9. The highest BCUT2D eigenvalue weighted by Gasteiger charge is 2.30. The minimum atomic E-state index is -2.98. The molecule has 0 bridgehead atoms. The van der Waals surface area contributed by atoms with E-state index in [-0.39, 0.29) is 0 Å². The first-order chi connectivity index (χ1) is 6.74. The predicted octanol–water partition coefficient (Wildman–Crippen LogP) is 1.98. The molecule has 1 unspecified atom stereocenters. The summed E-state index contributed by atoms with van der Waals surface area (Å²) < 4.78 is 22.3. The fraction of sp³-hybridized carbons (Fsp3) is 1.00. The molecule has 0 aliphatic heterocycles. The van der Waals surface area contributed by atoms with Crippen LogP contribution in [-0.2, 0) is 9.84 Å². The molecule has 0 saturated heterocycles. The van der Waals surface area contributed by atoms with Gasteiger partial charge in [0, 0.05) is 18.8 Å². The quantitative estimate of drug-likeness (QED) is 0.734. The highest BCUT2D eigenvalue weighted by molar-refractivity contribution is 7.92. The lowest BCUT2D eigenvalue weighted by Gasteiger charge is -2.26. The molecule has 4 heteroatoms. The van der Waals surface area contributed by atoms with Crippen LogP contribution in [0.3, 0.4) is 0 Å². The maximum atomic E-state index is 11.5. The predicted molar refractivity (Wildman–Crippen MR) is 65.9 cm³/mol. The Morgan fingerprint density at radius 2 is 1.80 bits per heavy atom. The zero-order valence-corrected chi connectivity index (χ0v) is 11.4. The van der Waals surface area contributed by atoms with Crippen LogP contribution in [-0.4, -0.2) is 32.0 Å². The number of nitrogens with one attached hydrogen (secondary N) is 1. The van der Waals surface area contributed by atoms with Gasteiger partial charge in [-0.1, -0.05) is 20.3 Å². The fourth-order valence-corrected chi connectivity index (χ4v) is 1.67. The van der Waals surface area contributed by atoms with Crippen LogP contribution in [0.4, 0.5) is 0 Å². The normalized spacial score (nSPS) is 15.3. The Morgan fingerprint density at radius 1 is 1.27 bits per heavy atom. The number of rotatable bonds is 7. The van der Waals surface area contributed by atoms with E-state index in [1.54, 1.807) is 13.8 Å². The van der Waals surface area contributed by atoms with Gasteiger partial charge in [0.1, 0.15) is 0 Å². The molecule has 0 aromatic carbocycles. The van der Waals surface area contributed by atoms with Gasteiger partial charge in [0.25, 0.3) is 0 Å². The Morgan fingerprint density at radius 3 is 2.13 bits per heavy atom. The van der Waals surface area contributed by atoms with Crippen molar-refractivity contribution >= 4 is 9.84 Å². The molecule has 92 valence electrons. The second kappa shape index (κ2) is 5.85. The fourth-order valence-electron chi connectivity index (χ4n) is 1.32. The average Bonchev–Trinajstić information content (AvgIpc) is 2.10. The van der Waals surface area contributed by atoms with Crippen molar-refractivity contribution in [3.8, 4) is 0 Å². The number of hydrogen-bond acceptors (Lipinski definition) is 3. The summed E-state index contributed by atoms with van der Waals surface area (Å²) in [5.74, 6) is 0. The van der Waals surface area contributed by atoms with Gasteiger partial charge < -0.3 is 5.32 Å².